The number of hydrogen-bond donors (Lipinski definition) is 1. The van der Waals surface area contributed by atoms with Gasteiger partial charge in [-0.15, -0.1) is 0 Å². The van der Waals surface area contributed by atoms with Crippen molar-refractivity contribution < 1.29 is 4.79 Å². The number of hydrazone groups is 1. The molecule has 4 heteroatoms. The summed E-state index contributed by atoms with van der Waals surface area (Å²) in [7, 11) is 0. The molecule has 1 aromatic carbocycles. The standard InChI is InChI=1S/C20H31N3O/c1-6-23(7-2)18-10-8-16(9-11-18)19(24)22-21-17-12-15(3)13-20(4,5)14-17/h8-11,15H,6-7,12-14H2,1-5H3,(H,22,24)/b21-17+. The molecule has 0 aliphatic heterocycles. The van der Waals surface area contributed by atoms with E-state index in [1.165, 1.54) is 6.42 Å². The number of nitrogens with zero attached hydrogens (tertiary/aromatic N) is 2. The lowest BCUT2D eigenvalue weighted by Crippen LogP contribution is -2.30. The van der Waals surface area contributed by atoms with Crippen LogP contribution in [0.5, 0.6) is 0 Å². The second-order valence-electron chi connectivity index (χ2n) is 7.69. The van der Waals surface area contributed by atoms with Gasteiger partial charge in [-0.05, 0) is 68.7 Å². The highest BCUT2D eigenvalue weighted by Gasteiger charge is 2.29. The van der Waals surface area contributed by atoms with Crippen molar-refractivity contribution in [3.05, 3.63) is 29.8 Å². The van der Waals surface area contributed by atoms with E-state index in [-0.39, 0.29) is 11.3 Å². The van der Waals surface area contributed by atoms with Crippen LogP contribution in [0.15, 0.2) is 29.4 Å². The van der Waals surface area contributed by atoms with Crippen molar-refractivity contribution in [3.8, 4) is 0 Å². The lowest BCUT2D eigenvalue weighted by atomic mass is 9.72. The third kappa shape index (κ3) is 4.83. The summed E-state index contributed by atoms with van der Waals surface area (Å²) < 4.78 is 0. The molecule has 1 unspecified atom stereocenters. The SMILES string of the molecule is CCN(CC)c1ccc(C(=O)N/N=C2\CC(C)CC(C)(C)C2)cc1. The maximum Gasteiger partial charge on any atom is 0.271 e. The van der Waals surface area contributed by atoms with Crippen molar-refractivity contribution >= 4 is 17.3 Å². The van der Waals surface area contributed by atoms with Crippen LogP contribution in [0.4, 0.5) is 5.69 Å². The molecule has 0 spiro atoms. The second kappa shape index (κ2) is 7.82. The van der Waals surface area contributed by atoms with E-state index in [4.69, 9.17) is 0 Å². The van der Waals surface area contributed by atoms with Crippen LogP contribution in [-0.2, 0) is 0 Å². The van der Waals surface area contributed by atoms with Crippen LogP contribution < -0.4 is 10.3 Å². The number of rotatable bonds is 5. The molecule has 0 heterocycles. The van der Waals surface area contributed by atoms with Crippen molar-refractivity contribution in [3.63, 3.8) is 0 Å². The summed E-state index contributed by atoms with van der Waals surface area (Å²) in [5.74, 6) is 0.488. The average molecular weight is 329 g/mol. The number of carbonyl (C=O) groups is 1. The average Bonchev–Trinajstić information content (AvgIpc) is 2.52. The largest absolute Gasteiger partial charge is 0.372 e. The molecular formula is C20H31N3O. The number of anilines is 1. The minimum atomic E-state index is -0.135. The molecule has 1 aliphatic carbocycles. The van der Waals surface area contributed by atoms with E-state index in [0.29, 0.717) is 11.5 Å². The Bertz CT molecular complexity index is 585. The highest BCUT2D eigenvalue weighted by molar-refractivity contribution is 5.96. The zero-order valence-electron chi connectivity index (χ0n) is 15.7. The molecule has 1 aliphatic rings. The van der Waals surface area contributed by atoms with Crippen LogP contribution >= 0.6 is 0 Å². The minimum absolute atomic E-state index is 0.135. The first-order chi connectivity index (χ1) is 11.3. The predicted octanol–water partition coefficient (Wildman–Crippen LogP) is 4.46. The van der Waals surface area contributed by atoms with Crippen LogP contribution in [0.25, 0.3) is 0 Å². The Morgan fingerprint density at radius 2 is 1.88 bits per heavy atom. The van der Waals surface area contributed by atoms with Gasteiger partial charge in [-0.2, -0.15) is 5.10 Å². The van der Waals surface area contributed by atoms with E-state index in [9.17, 15) is 4.79 Å². The molecule has 1 atom stereocenters. The van der Waals surface area contributed by atoms with Gasteiger partial charge in [0.25, 0.3) is 5.91 Å². The predicted molar refractivity (Wildman–Crippen MR) is 102 cm³/mol. The fourth-order valence-electron chi connectivity index (χ4n) is 3.81. The first-order valence-corrected chi connectivity index (χ1v) is 9.05. The molecule has 1 N–H and O–H groups in total. The minimum Gasteiger partial charge on any atom is -0.372 e. The molecule has 0 saturated heterocycles. The Kier molecular flexibility index (Phi) is 6.03. The van der Waals surface area contributed by atoms with E-state index in [2.05, 4.69) is 50.0 Å². The molecule has 1 amide bonds. The van der Waals surface area contributed by atoms with E-state index >= 15 is 0 Å². The smallest absolute Gasteiger partial charge is 0.271 e. The van der Waals surface area contributed by atoms with Crippen molar-refractivity contribution in [2.24, 2.45) is 16.4 Å². The Balaban J connectivity index is 2.01. The van der Waals surface area contributed by atoms with Crippen LogP contribution in [0.2, 0.25) is 0 Å². The number of amides is 1. The van der Waals surface area contributed by atoms with Gasteiger partial charge in [-0.1, -0.05) is 20.8 Å². The summed E-state index contributed by atoms with van der Waals surface area (Å²) in [4.78, 5) is 14.6. The number of nitrogens with one attached hydrogen (secondary N) is 1. The van der Waals surface area contributed by atoms with Gasteiger partial charge in [-0.25, -0.2) is 5.43 Å². The first-order valence-electron chi connectivity index (χ1n) is 9.05. The van der Waals surface area contributed by atoms with Gasteiger partial charge >= 0.3 is 0 Å². The normalized spacial score (nSPS) is 21.5. The maximum absolute atomic E-state index is 12.3. The van der Waals surface area contributed by atoms with Gasteiger partial charge in [0.2, 0.25) is 0 Å². The molecule has 1 fully saturated rings. The molecule has 0 aromatic heterocycles. The van der Waals surface area contributed by atoms with Gasteiger partial charge in [0.05, 0.1) is 0 Å². The highest BCUT2D eigenvalue weighted by atomic mass is 16.2. The summed E-state index contributed by atoms with van der Waals surface area (Å²) >= 11 is 0. The summed E-state index contributed by atoms with van der Waals surface area (Å²) in [6.07, 6.45) is 3.15. The summed E-state index contributed by atoms with van der Waals surface area (Å²) in [5.41, 5.74) is 5.91. The van der Waals surface area contributed by atoms with E-state index in [1.54, 1.807) is 0 Å². The summed E-state index contributed by atoms with van der Waals surface area (Å²) in [5, 5.41) is 4.40. The zero-order chi connectivity index (χ0) is 17.7. The number of benzene rings is 1. The highest BCUT2D eigenvalue weighted by Crippen LogP contribution is 2.36. The number of hydrogen-bond acceptors (Lipinski definition) is 3. The van der Waals surface area contributed by atoms with Crippen LogP contribution in [0.1, 0.15) is 64.2 Å². The topological polar surface area (TPSA) is 44.7 Å². The van der Waals surface area contributed by atoms with E-state index < -0.39 is 0 Å². The maximum atomic E-state index is 12.3. The van der Waals surface area contributed by atoms with Gasteiger partial charge in [0.1, 0.15) is 0 Å². The number of carbonyl (C=O) groups excluding carboxylic acids is 1. The molecule has 132 valence electrons. The molecule has 1 aromatic rings. The molecular weight excluding hydrogens is 298 g/mol. The molecule has 4 nitrogen and oxygen atoms in total. The lowest BCUT2D eigenvalue weighted by molar-refractivity contribution is 0.0954. The third-order valence-electron chi connectivity index (χ3n) is 4.74. The monoisotopic (exact) mass is 329 g/mol. The quantitative estimate of drug-likeness (QED) is 0.810. The van der Waals surface area contributed by atoms with E-state index in [0.717, 1.165) is 37.3 Å². The van der Waals surface area contributed by atoms with Crippen LogP contribution in [0, 0.1) is 11.3 Å². The van der Waals surface area contributed by atoms with Crippen LogP contribution in [0.3, 0.4) is 0 Å². The molecule has 24 heavy (non-hydrogen) atoms. The van der Waals surface area contributed by atoms with Gasteiger partial charge in [0.15, 0.2) is 0 Å². The Morgan fingerprint density at radius 3 is 2.42 bits per heavy atom. The van der Waals surface area contributed by atoms with Gasteiger partial charge in [0, 0.05) is 30.1 Å². The zero-order valence-corrected chi connectivity index (χ0v) is 15.7. The van der Waals surface area contributed by atoms with Crippen molar-refractivity contribution in [2.75, 3.05) is 18.0 Å². The Morgan fingerprint density at radius 1 is 1.25 bits per heavy atom. The summed E-state index contributed by atoms with van der Waals surface area (Å²) in [6.45, 7) is 13.0. The molecule has 0 radical (unpaired) electrons. The Labute approximate surface area is 146 Å². The van der Waals surface area contributed by atoms with Crippen LogP contribution in [-0.4, -0.2) is 24.7 Å². The lowest BCUT2D eigenvalue weighted by Gasteiger charge is -2.34. The third-order valence-corrected chi connectivity index (χ3v) is 4.74. The molecule has 1 saturated carbocycles. The fraction of sp³-hybridized carbons (Fsp3) is 0.600. The fourth-order valence-corrected chi connectivity index (χ4v) is 3.81. The molecule has 2 rings (SSSR count). The second-order valence-corrected chi connectivity index (χ2v) is 7.69. The van der Waals surface area contributed by atoms with Crippen molar-refractivity contribution in [1.29, 1.82) is 0 Å². The van der Waals surface area contributed by atoms with Crippen molar-refractivity contribution in [2.45, 2.75) is 53.9 Å². The summed E-state index contributed by atoms with van der Waals surface area (Å²) in [6, 6.07) is 7.74. The van der Waals surface area contributed by atoms with Gasteiger partial charge in [-0.3, -0.25) is 4.79 Å². The molecule has 0 bridgehead atoms. The first kappa shape index (κ1) is 18.5. The Hall–Kier alpha value is -1.84. The van der Waals surface area contributed by atoms with Crippen molar-refractivity contribution in [1.82, 2.24) is 5.43 Å². The van der Waals surface area contributed by atoms with Gasteiger partial charge < -0.3 is 4.90 Å². The van der Waals surface area contributed by atoms with E-state index in [1.807, 2.05) is 24.3 Å².